The molecular formula is C32H37N3O5. The molecule has 1 saturated heterocycles. The molecule has 1 fully saturated rings. The fourth-order valence-corrected chi connectivity index (χ4v) is 5.95. The van der Waals surface area contributed by atoms with Crippen LogP contribution in [-0.4, -0.2) is 58.3 Å². The van der Waals surface area contributed by atoms with Crippen LogP contribution in [0.3, 0.4) is 0 Å². The average Bonchev–Trinajstić information content (AvgIpc) is 3.21. The summed E-state index contributed by atoms with van der Waals surface area (Å²) in [6, 6.07) is 17.7. The lowest BCUT2D eigenvalue weighted by Gasteiger charge is -2.35. The fourth-order valence-electron chi connectivity index (χ4n) is 5.95. The summed E-state index contributed by atoms with van der Waals surface area (Å²) >= 11 is 0. The van der Waals surface area contributed by atoms with Gasteiger partial charge in [-0.25, -0.2) is 0 Å². The Morgan fingerprint density at radius 2 is 1.65 bits per heavy atom. The Kier molecular flexibility index (Phi) is 8.26. The van der Waals surface area contributed by atoms with Gasteiger partial charge in [0.1, 0.15) is 0 Å². The molecule has 1 heterocycles. The SMILES string of the molecule is COc1cc2c(c(OC)c1OC)-c1ccc(N3CCN(Cc4ccccc4)CC3)c(=O)cc1[C@@H](NC(C)=O)CC2. The maximum atomic E-state index is 13.8. The van der Waals surface area contributed by atoms with Gasteiger partial charge < -0.3 is 24.4 Å². The molecule has 0 saturated carbocycles. The summed E-state index contributed by atoms with van der Waals surface area (Å²) in [5.74, 6) is 1.49. The van der Waals surface area contributed by atoms with Gasteiger partial charge in [0.15, 0.2) is 11.5 Å². The summed E-state index contributed by atoms with van der Waals surface area (Å²) in [6.07, 6.45) is 1.30. The van der Waals surface area contributed by atoms with Gasteiger partial charge in [-0.15, -0.1) is 0 Å². The first-order valence-corrected chi connectivity index (χ1v) is 13.7. The highest BCUT2D eigenvalue weighted by Gasteiger charge is 2.30. The standard InChI is InChI=1S/C32H37N3O5/c1-21(36)33-26-12-10-23-18-29(38-2)31(39-3)32(40-4)30(23)24-11-13-27(28(37)19-25(24)26)35-16-14-34(15-17-35)20-22-8-6-5-7-9-22/h5-9,11,13,18-19,26H,10,12,14-17,20H2,1-4H3,(H,33,36)/t26-/m0/s1. The van der Waals surface area contributed by atoms with E-state index in [9.17, 15) is 9.59 Å². The predicted molar refractivity (Wildman–Crippen MR) is 157 cm³/mol. The molecule has 40 heavy (non-hydrogen) atoms. The van der Waals surface area contributed by atoms with Crippen LogP contribution in [0.5, 0.6) is 17.2 Å². The lowest BCUT2D eigenvalue weighted by Crippen LogP contribution is -2.47. The van der Waals surface area contributed by atoms with E-state index in [2.05, 4.69) is 39.4 Å². The number of methoxy groups -OCH3 is 3. The number of piperazine rings is 1. The molecule has 1 aliphatic carbocycles. The average molecular weight is 544 g/mol. The second-order valence-electron chi connectivity index (χ2n) is 10.3. The number of nitrogens with zero attached hydrogens (tertiary/aromatic N) is 2. The van der Waals surface area contributed by atoms with E-state index in [0.29, 0.717) is 35.8 Å². The van der Waals surface area contributed by atoms with Gasteiger partial charge in [0, 0.05) is 45.2 Å². The molecule has 0 unspecified atom stereocenters. The Morgan fingerprint density at radius 1 is 0.925 bits per heavy atom. The number of fused-ring (bicyclic) bond motifs is 3. The van der Waals surface area contributed by atoms with Gasteiger partial charge >= 0.3 is 0 Å². The zero-order valence-electron chi connectivity index (χ0n) is 23.7. The van der Waals surface area contributed by atoms with E-state index in [1.165, 1.54) is 12.5 Å². The number of ether oxygens (including phenoxy) is 3. The predicted octanol–water partition coefficient (Wildman–Crippen LogP) is 4.19. The van der Waals surface area contributed by atoms with Gasteiger partial charge in [-0.1, -0.05) is 36.4 Å². The van der Waals surface area contributed by atoms with Crippen LogP contribution in [0.4, 0.5) is 5.69 Å². The first kappa shape index (κ1) is 27.5. The number of rotatable bonds is 7. The largest absolute Gasteiger partial charge is 0.493 e. The van der Waals surface area contributed by atoms with E-state index in [1.807, 2.05) is 24.3 Å². The highest BCUT2D eigenvalue weighted by atomic mass is 16.5. The second kappa shape index (κ2) is 12.0. The van der Waals surface area contributed by atoms with Crippen molar-refractivity contribution in [1.82, 2.24) is 10.2 Å². The fraction of sp³-hybridized carbons (Fsp3) is 0.375. The number of anilines is 1. The van der Waals surface area contributed by atoms with Crippen LogP contribution in [0.15, 0.2) is 59.4 Å². The zero-order valence-corrected chi connectivity index (χ0v) is 23.7. The van der Waals surface area contributed by atoms with E-state index in [0.717, 1.165) is 55.0 Å². The first-order valence-electron chi connectivity index (χ1n) is 13.7. The maximum Gasteiger partial charge on any atom is 0.217 e. The van der Waals surface area contributed by atoms with Crippen molar-refractivity contribution in [1.29, 1.82) is 0 Å². The first-order chi connectivity index (χ1) is 19.4. The van der Waals surface area contributed by atoms with Crippen molar-refractivity contribution in [2.24, 2.45) is 0 Å². The van der Waals surface area contributed by atoms with Crippen molar-refractivity contribution in [3.05, 3.63) is 81.5 Å². The van der Waals surface area contributed by atoms with Gasteiger partial charge in [0.25, 0.3) is 0 Å². The quantitative estimate of drug-likeness (QED) is 0.479. The maximum absolute atomic E-state index is 13.8. The van der Waals surface area contributed by atoms with Crippen molar-refractivity contribution < 1.29 is 19.0 Å². The van der Waals surface area contributed by atoms with Crippen LogP contribution >= 0.6 is 0 Å². The van der Waals surface area contributed by atoms with Crippen molar-refractivity contribution in [2.45, 2.75) is 32.4 Å². The summed E-state index contributed by atoms with van der Waals surface area (Å²) in [6.45, 7) is 5.67. The Morgan fingerprint density at radius 3 is 2.30 bits per heavy atom. The number of aryl methyl sites for hydroxylation is 1. The summed E-state index contributed by atoms with van der Waals surface area (Å²) in [5, 5.41) is 3.08. The summed E-state index contributed by atoms with van der Waals surface area (Å²) in [4.78, 5) is 30.5. The Balaban J connectivity index is 1.55. The van der Waals surface area contributed by atoms with Crippen LogP contribution < -0.4 is 29.9 Å². The summed E-state index contributed by atoms with van der Waals surface area (Å²) in [7, 11) is 4.79. The highest BCUT2D eigenvalue weighted by Crippen LogP contribution is 2.50. The molecule has 1 N–H and O–H groups in total. The smallest absolute Gasteiger partial charge is 0.217 e. The number of nitrogens with one attached hydrogen (secondary N) is 1. The Bertz CT molecular complexity index is 1430. The van der Waals surface area contributed by atoms with E-state index >= 15 is 0 Å². The Hall–Kier alpha value is -4.04. The van der Waals surface area contributed by atoms with Crippen molar-refractivity contribution in [3.8, 4) is 28.4 Å². The van der Waals surface area contributed by atoms with Gasteiger partial charge in [0.05, 0.1) is 33.1 Å². The number of benzene rings is 2. The molecule has 5 rings (SSSR count). The minimum atomic E-state index is -0.322. The van der Waals surface area contributed by atoms with E-state index in [1.54, 1.807) is 27.4 Å². The number of carbonyl (C=O) groups is 1. The normalized spacial score (nSPS) is 16.8. The molecule has 3 aromatic rings. The van der Waals surface area contributed by atoms with Crippen LogP contribution in [0.1, 0.15) is 36.1 Å². The second-order valence-corrected chi connectivity index (χ2v) is 10.3. The van der Waals surface area contributed by atoms with Crippen molar-refractivity contribution in [3.63, 3.8) is 0 Å². The third-order valence-corrected chi connectivity index (χ3v) is 7.86. The van der Waals surface area contributed by atoms with Crippen molar-refractivity contribution >= 4 is 11.6 Å². The van der Waals surface area contributed by atoms with Crippen LogP contribution in [0.2, 0.25) is 0 Å². The third-order valence-electron chi connectivity index (χ3n) is 7.86. The van der Waals surface area contributed by atoms with Crippen LogP contribution in [0, 0.1) is 0 Å². The third kappa shape index (κ3) is 5.49. The van der Waals surface area contributed by atoms with Gasteiger partial charge in [-0.2, -0.15) is 0 Å². The molecule has 0 radical (unpaired) electrons. The molecule has 1 atom stereocenters. The van der Waals surface area contributed by atoms with Gasteiger partial charge in [0.2, 0.25) is 17.1 Å². The van der Waals surface area contributed by atoms with Crippen LogP contribution in [0.25, 0.3) is 11.1 Å². The topological polar surface area (TPSA) is 80.3 Å². The molecule has 0 spiro atoms. The van der Waals surface area contributed by atoms with E-state index in [4.69, 9.17) is 14.2 Å². The Labute approximate surface area is 235 Å². The molecule has 8 heteroatoms. The number of carbonyl (C=O) groups excluding carboxylic acids is 1. The molecule has 1 aliphatic heterocycles. The molecule has 210 valence electrons. The zero-order chi connectivity index (χ0) is 28.2. The minimum absolute atomic E-state index is 0.0593. The monoisotopic (exact) mass is 543 g/mol. The lowest BCUT2D eigenvalue weighted by atomic mass is 9.95. The van der Waals surface area contributed by atoms with Gasteiger partial charge in [-0.05, 0) is 53.3 Å². The van der Waals surface area contributed by atoms with E-state index in [-0.39, 0.29) is 17.4 Å². The number of amides is 1. The summed E-state index contributed by atoms with van der Waals surface area (Å²) in [5.41, 5.74) is 5.38. The molecule has 0 bridgehead atoms. The highest BCUT2D eigenvalue weighted by molar-refractivity contribution is 5.83. The molecule has 2 aliphatic rings. The summed E-state index contributed by atoms with van der Waals surface area (Å²) < 4.78 is 17.2. The number of hydrogen-bond acceptors (Lipinski definition) is 7. The minimum Gasteiger partial charge on any atom is -0.493 e. The molecule has 1 amide bonds. The molecule has 3 aromatic carbocycles. The molecule has 8 nitrogen and oxygen atoms in total. The van der Waals surface area contributed by atoms with Crippen molar-refractivity contribution in [2.75, 3.05) is 52.4 Å². The molecule has 0 aromatic heterocycles. The van der Waals surface area contributed by atoms with Gasteiger partial charge in [-0.3, -0.25) is 14.5 Å². The van der Waals surface area contributed by atoms with E-state index < -0.39 is 0 Å². The number of hydrogen-bond donors (Lipinski definition) is 1. The van der Waals surface area contributed by atoms with Crippen LogP contribution in [-0.2, 0) is 17.8 Å². The molecular weight excluding hydrogens is 506 g/mol. The lowest BCUT2D eigenvalue weighted by molar-refractivity contribution is -0.119.